The molecule has 0 saturated heterocycles. The Bertz CT molecular complexity index is 529. The van der Waals surface area contributed by atoms with Gasteiger partial charge in [0.2, 0.25) is 0 Å². The minimum Gasteiger partial charge on any atom is -1.00 e. The quantitative estimate of drug-likeness (QED) is 0.225. The van der Waals surface area contributed by atoms with E-state index in [1.807, 2.05) is 6.07 Å². The van der Waals surface area contributed by atoms with Crippen molar-refractivity contribution in [2.75, 3.05) is 20.6 Å². The summed E-state index contributed by atoms with van der Waals surface area (Å²) in [5.74, 6) is 0.452. The van der Waals surface area contributed by atoms with E-state index >= 15 is 0 Å². The summed E-state index contributed by atoms with van der Waals surface area (Å²) in [6, 6.07) is 10.6. The molecule has 1 rings (SSSR count). The van der Waals surface area contributed by atoms with Gasteiger partial charge in [-0.3, -0.25) is 4.79 Å². The van der Waals surface area contributed by atoms with E-state index in [2.05, 4.69) is 52.2 Å². The van der Waals surface area contributed by atoms with Crippen LogP contribution in [0, 0.1) is 0 Å². The first-order valence-electron chi connectivity index (χ1n) is 12.4. The van der Waals surface area contributed by atoms with Gasteiger partial charge in [0.05, 0.1) is 20.6 Å². The molecule has 1 aromatic carbocycles. The molecule has 30 heavy (non-hydrogen) atoms. The second-order valence-electron chi connectivity index (χ2n) is 9.41. The van der Waals surface area contributed by atoms with E-state index in [-0.39, 0.29) is 23.0 Å². The zero-order chi connectivity index (χ0) is 21.4. The van der Waals surface area contributed by atoms with Crippen LogP contribution in [-0.2, 0) is 11.2 Å². The standard InChI is InChI=1S/C27H48NO.BrH/c1-5-7-8-9-10-11-12-13-14-15-16-20-23-27(29)26(28(3,4)6-2)24-25-21-18-17-19-22-25;/h17-19,21-22,26H,5-16,20,23-24H2,1-4H3;1H/q+1;/p-1/t26-;/m0./s1. The fraction of sp³-hybridized carbons (Fsp3) is 0.741. The molecule has 0 fully saturated rings. The Balaban J connectivity index is 0.00000841. The maximum atomic E-state index is 13.0. The van der Waals surface area contributed by atoms with Crippen LogP contribution in [0.25, 0.3) is 0 Å². The van der Waals surface area contributed by atoms with Crippen LogP contribution in [0.15, 0.2) is 30.3 Å². The van der Waals surface area contributed by atoms with E-state index in [1.54, 1.807) is 0 Å². The molecule has 0 bridgehead atoms. The van der Waals surface area contributed by atoms with Crippen LogP contribution < -0.4 is 17.0 Å². The highest BCUT2D eigenvalue weighted by atomic mass is 79.9. The molecule has 3 heteroatoms. The number of nitrogens with zero attached hydrogens (tertiary/aromatic N) is 1. The lowest BCUT2D eigenvalue weighted by Gasteiger charge is -2.36. The highest BCUT2D eigenvalue weighted by Crippen LogP contribution is 2.18. The Labute approximate surface area is 198 Å². The van der Waals surface area contributed by atoms with Crippen LogP contribution in [0.1, 0.15) is 103 Å². The monoisotopic (exact) mass is 481 g/mol. The molecule has 0 saturated carbocycles. The summed E-state index contributed by atoms with van der Waals surface area (Å²) in [5, 5.41) is 0. The van der Waals surface area contributed by atoms with Crippen molar-refractivity contribution in [3.63, 3.8) is 0 Å². The van der Waals surface area contributed by atoms with Crippen LogP contribution in [0.4, 0.5) is 0 Å². The number of hydrogen-bond acceptors (Lipinski definition) is 1. The highest BCUT2D eigenvalue weighted by molar-refractivity contribution is 5.83. The fourth-order valence-corrected chi connectivity index (χ4v) is 4.12. The maximum Gasteiger partial charge on any atom is 0.190 e. The van der Waals surface area contributed by atoms with Gasteiger partial charge in [-0.15, -0.1) is 0 Å². The number of rotatable bonds is 18. The minimum absolute atomic E-state index is 0. The first-order valence-corrected chi connectivity index (χ1v) is 12.4. The van der Waals surface area contributed by atoms with Crippen LogP contribution in [0.5, 0.6) is 0 Å². The summed E-state index contributed by atoms with van der Waals surface area (Å²) in [6.07, 6.45) is 17.7. The number of carbonyl (C=O) groups is 1. The molecular weight excluding hydrogens is 434 g/mol. The topological polar surface area (TPSA) is 17.1 Å². The highest BCUT2D eigenvalue weighted by Gasteiger charge is 2.32. The van der Waals surface area contributed by atoms with E-state index in [1.165, 1.54) is 76.2 Å². The van der Waals surface area contributed by atoms with Gasteiger partial charge in [-0.05, 0) is 18.9 Å². The van der Waals surface area contributed by atoms with E-state index in [0.717, 1.165) is 30.3 Å². The third-order valence-corrected chi connectivity index (χ3v) is 6.58. The molecule has 0 unspecified atom stereocenters. The van der Waals surface area contributed by atoms with Crippen molar-refractivity contribution in [2.24, 2.45) is 0 Å². The van der Waals surface area contributed by atoms with Crippen LogP contribution in [-0.4, -0.2) is 36.9 Å². The first-order chi connectivity index (χ1) is 14.0. The van der Waals surface area contributed by atoms with E-state index in [4.69, 9.17) is 0 Å². The second-order valence-corrected chi connectivity index (χ2v) is 9.41. The summed E-state index contributed by atoms with van der Waals surface area (Å²) < 4.78 is 0.784. The van der Waals surface area contributed by atoms with Crippen LogP contribution in [0.2, 0.25) is 0 Å². The van der Waals surface area contributed by atoms with Gasteiger partial charge in [0, 0.05) is 12.8 Å². The Morgan fingerprint density at radius 2 is 1.23 bits per heavy atom. The largest absolute Gasteiger partial charge is 1.00 e. The minimum atomic E-state index is 0. The predicted molar refractivity (Wildman–Crippen MR) is 127 cm³/mol. The molecular formula is C27H48BrNO. The molecule has 0 aliphatic heterocycles. The average Bonchev–Trinajstić information content (AvgIpc) is 2.73. The maximum absolute atomic E-state index is 13.0. The summed E-state index contributed by atoms with van der Waals surface area (Å²) in [7, 11) is 4.40. The molecule has 0 N–H and O–H groups in total. The Hall–Kier alpha value is -0.670. The zero-order valence-electron chi connectivity index (χ0n) is 20.3. The summed E-state index contributed by atoms with van der Waals surface area (Å²) in [6.45, 7) is 5.46. The normalized spacial score (nSPS) is 12.4. The third-order valence-electron chi connectivity index (χ3n) is 6.58. The molecule has 0 spiro atoms. The van der Waals surface area contributed by atoms with E-state index in [0.29, 0.717) is 5.78 Å². The van der Waals surface area contributed by atoms with Gasteiger partial charge < -0.3 is 21.5 Å². The van der Waals surface area contributed by atoms with Crippen molar-refractivity contribution in [3.8, 4) is 0 Å². The summed E-state index contributed by atoms with van der Waals surface area (Å²) in [4.78, 5) is 13.0. The predicted octanol–water partition coefficient (Wildman–Crippen LogP) is 4.36. The fourth-order valence-electron chi connectivity index (χ4n) is 4.12. The Morgan fingerprint density at radius 1 is 0.767 bits per heavy atom. The lowest BCUT2D eigenvalue weighted by atomic mass is 9.95. The summed E-state index contributed by atoms with van der Waals surface area (Å²) in [5.41, 5.74) is 1.28. The lowest BCUT2D eigenvalue weighted by molar-refractivity contribution is -0.904. The van der Waals surface area contributed by atoms with Gasteiger partial charge in [0.1, 0.15) is 0 Å². The summed E-state index contributed by atoms with van der Waals surface area (Å²) >= 11 is 0. The number of Topliss-reactive ketones (excluding diaryl/α,β-unsaturated/α-hetero) is 1. The number of ketones is 1. The molecule has 174 valence electrons. The third kappa shape index (κ3) is 12.9. The number of likely N-dealkylation sites (N-methyl/N-ethyl adjacent to an activating group) is 1. The van der Waals surface area contributed by atoms with Crippen molar-refractivity contribution in [3.05, 3.63) is 35.9 Å². The molecule has 0 aliphatic rings. The zero-order valence-corrected chi connectivity index (χ0v) is 21.9. The van der Waals surface area contributed by atoms with Gasteiger partial charge in [-0.2, -0.15) is 0 Å². The first kappa shape index (κ1) is 29.3. The number of quaternary nitrogens is 1. The Morgan fingerprint density at radius 3 is 1.70 bits per heavy atom. The molecule has 0 amide bonds. The molecule has 1 atom stereocenters. The van der Waals surface area contributed by atoms with Gasteiger partial charge in [0.25, 0.3) is 0 Å². The Kier molecular flexibility index (Phi) is 17.6. The smallest absolute Gasteiger partial charge is 0.190 e. The van der Waals surface area contributed by atoms with Crippen molar-refractivity contribution >= 4 is 5.78 Å². The van der Waals surface area contributed by atoms with Crippen molar-refractivity contribution < 1.29 is 26.3 Å². The lowest BCUT2D eigenvalue weighted by Crippen LogP contribution is -3.00. The number of carbonyl (C=O) groups excluding carboxylic acids is 1. The van der Waals surface area contributed by atoms with E-state index in [9.17, 15) is 4.79 Å². The second kappa shape index (κ2) is 18.0. The molecule has 0 aliphatic carbocycles. The number of halogens is 1. The SMILES string of the molecule is CCCCCCCCCCCCCCC(=O)[C@H](Cc1ccccc1)[N+](C)(C)CC.[Br-]. The molecule has 2 nitrogen and oxygen atoms in total. The number of unbranched alkanes of at least 4 members (excludes halogenated alkanes) is 11. The van der Waals surface area contributed by atoms with Gasteiger partial charge in [-0.1, -0.05) is 108 Å². The van der Waals surface area contributed by atoms with Crippen LogP contribution in [0.3, 0.4) is 0 Å². The van der Waals surface area contributed by atoms with Gasteiger partial charge in [0.15, 0.2) is 11.8 Å². The van der Waals surface area contributed by atoms with Crippen LogP contribution >= 0.6 is 0 Å². The van der Waals surface area contributed by atoms with Crippen molar-refractivity contribution in [2.45, 2.75) is 110 Å². The van der Waals surface area contributed by atoms with E-state index < -0.39 is 0 Å². The molecule has 0 radical (unpaired) electrons. The van der Waals surface area contributed by atoms with Crippen molar-refractivity contribution in [1.82, 2.24) is 0 Å². The van der Waals surface area contributed by atoms with Gasteiger partial charge >= 0.3 is 0 Å². The van der Waals surface area contributed by atoms with Gasteiger partial charge in [-0.25, -0.2) is 0 Å². The number of hydrogen-bond donors (Lipinski definition) is 0. The molecule has 0 aromatic heterocycles. The van der Waals surface area contributed by atoms with Crippen molar-refractivity contribution in [1.29, 1.82) is 0 Å². The average molecular weight is 483 g/mol. The number of benzene rings is 1. The molecule has 0 heterocycles. The molecule has 1 aromatic rings.